The van der Waals surface area contributed by atoms with Gasteiger partial charge in [0.15, 0.2) is 0 Å². The number of aromatic nitrogens is 4. The van der Waals surface area contributed by atoms with E-state index >= 15 is 0 Å². The third-order valence-corrected chi connectivity index (χ3v) is 6.68. The number of likely N-dealkylation sites (tertiary alicyclic amines) is 1. The van der Waals surface area contributed by atoms with E-state index in [9.17, 15) is 0 Å². The molecule has 0 bridgehead atoms. The minimum Gasteiger partial charge on any atom is -0.474 e. The van der Waals surface area contributed by atoms with Gasteiger partial charge < -0.3 is 14.0 Å². The van der Waals surface area contributed by atoms with Gasteiger partial charge in [0.1, 0.15) is 17.8 Å². The lowest BCUT2D eigenvalue weighted by molar-refractivity contribution is 0.0907. The Morgan fingerprint density at radius 2 is 1.88 bits per heavy atom. The molecule has 1 atom stereocenters. The van der Waals surface area contributed by atoms with Crippen molar-refractivity contribution in [2.45, 2.75) is 44.9 Å². The van der Waals surface area contributed by atoms with Gasteiger partial charge in [-0.25, -0.2) is 9.97 Å². The van der Waals surface area contributed by atoms with Crippen LogP contribution in [-0.4, -0.2) is 56.8 Å². The molecule has 3 aromatic rings. The zero-order valence-electron chi connectivity index (χ0n) is 18.8. The van der Waals surface area contributed by atoms with Crippen molar-refractivity contribution in [2.75, 3.05) is 26.3 Å². The van der Waals surface area contributed by atoms with Gasteiger partial charge in [-0.2, -0.15) is 4.98 Å². The van der Waals surface area contributed by atoms with Crippen LogP contribution < -0.4 is 4.74 Å². The van der Waals surface area contributed by atoms with Crippen molar-refractivity contribution in [3.63, 3.8) is 0 Å². The van der Waals surface area contributed by atoms with Gasteiger partial charge in [0.2, 0.25) is 5.88 Å². The molecule has 0 spiro atoms. The van der Waals surface area contributed by atoms with E-state index < -0.39 is 0 Å². The first-order chi connectivity index (χ1) is 16.2. The van der Waals surface area contributed by atoms with Crippen LogP contribution in [0.15, 0.2) is 48.9 Å². The molecule has 0 saturated carbocycles. The largest absolute Gasteiger partial charge is 0.474 e. The maximum atomic E-state index is 6.22. The maximum Gasteiger partial charge on any atom is 0.216 e. The van der Waals surface area contributed by atoms with E-state index in [2.05, 4.69) is 30.6 Å². The van der Waals surface area contributed by atoms with Gasteiger partial charge in [0, 0.05) is 68.3 Å². The highest BCUT2D eigenvalue weighted by Crippen LogP contribution is 2.21. The van der Waals surface area contributed by atoms with Crippen LogP contribution in [0.5, 0.6) is 5.88 Å². The number of ether oxygens (including phenoxy) is 2. The predicted molar refractivity (Wildman–Crippen MR) is 126 cm³/mol. The van der Waals surface area contributed by atoms with Crippen LogP contribution in [0.2, 0.25) is 5.02 Å². The van der Waals surface area contributed by atoms with Crippen LogP contribution in [-0.2, 0) is 24.2 Å². The highest BCUT2D eigenvalue weighted by molar-refractivity contribution is 6.30. The maximum absolute atomic E-state index is 6.22. The Morgan fingerprint density at radius 1 is 1.03 bits per heavy atom. The van der Waals surface area contributed by atoms with Crippen molar-refractivity contribution < 1.29 is 9.47 Å². The molecule has 1 aromatic carbocycles. The summed E-state index contributed by atoms with van der Waals surface area (Å²) < 4.78 is 14.0. The number of hydrogen-bond donors (Lipinski definition) is 0. The molecule has 2 aliphatic rings. The van der Waals surface area contributed by atoms with E-state index in [4.69, 9.17) is 21.1 Å². The number of nitrogens with zero attached hydrogens (tertiary/aromatic N) is 5. The van der Waals surface area contributed by atoms with Crippen molar-refractivity contribution >= 4 is 11.6 Å². The zero-order valence-corrected chi connectivity index (χ0v) is 19.5. The summed E-state index contributed by atoms with van der Waals surface area (Å²) in [6, 6.07) is 9.63. The molecular weight excluding hydrogens is 438 g/mol. The van der Waals surface area contributed by atoms with Gasteiger partial charge in [0.05, 0.1) is 13.2 Å². The topological polar surface area (TPSA) is 65.3 Å². The molecule has 0 aliphatic carbocycles. The summed E-state index contributed by atoms with van der Waals surface area (Å²) in [6.45, 7) is 5.62. The van der Waals surface area contributed by atoms with E-state index in [0.717, 1.165) is 80.9 Å². The molecule has 0 amide bonds. The van der Waals surface area contributed by atoms with Crippen molar-refractivity contribution in [3.8, 4) is 5.88 Å². The molecule has 2 fully saturated rings. The standard InChI is InChI=1S/C25H30ClN5O2/c26-21-3-1-19(2-4-21)15-23-27-9-5-25(29-23)33-22-6-11-30(12-7-22)17-24-28-10-13-31(24)16-20-8-14-32-18-20/h1-5,9-10,13,20,22H,6-8,11-12,14-18H2/t20-/m1/s1. The van der Waals surface area contributed by atoms with Gasteiger partial charge in [-0.15, -0.1) is 0 Å². The normalized spacial score (nSPS) is 19.7. The summed E-state index contributed by atoms with van der Waals surface area (Å²) in [5.41, 5.74) is 1.13. The van der Waals surface area contributed by atoms with Crippen molar-refractivity contribution in [3.05, 3.63) is 71.2 Å². The minimum absolute atomic E-state index is 0.176. The lowest BCUT2D eigenvalue weighted by Crippen LogP contribution is -2.38. The van der Waals surface area contributed by atoms with Crippen LogP contribution in [0.3, 0.4) is 0 Å². The van der Waals surface area contributed by atoms with Crippen LogP contribution in [0.1, 0.15) is 36.5 Å². The van der Waals surface area contributed by atoms with Crippen molar-refractivity contribution in [1.29, 1.82) is 0 Å². The Hall–Kier alpha value is -2.48. The number of halogens is 1. The Labute approximate surface area is 199 Å². The lowest BCUT2D eigenvalue weighted by atomic mass is 10.1. The third-order valence-electron chi connectivity index (χ3n) is 6.42. The molecule has 0 N–H and O–H groups in total. The highest BCUT2D eigenvalue weighted by Gasteiger charge is 2.23. The van der Waals surface area contributed by atoms with Crippen LogP contribution >= 0.6 is 11.6 Å². The molecule has 7 nitrogen and oxygen atoms in total. The number of benzene rings is 1. The molecular formula is C25H30ClN5O2. The molecule has 2 aliphatic heterocycles. The monoisotopic (exact) mass is 467 g/mol. The van der Waals surface area contributed by atoms with E-state index in [0.29, 0.717) is 18.2 Å². The summed E-state index contributed by atoms with van der Waals surface area (Å²) in [7, 11) is 0. The first-order valence-corrected chi connectivity index (χ1v) is 12.1. The van der Waals surface area contributed by atoms with E-state index in [1.165, 1.54) is 0 Å². The quantitative estimate of drug-likeness (QED) is 0.499. The third kappa shape index (κ3) is 6.10. The number of hydrogen-bond acceptors (Lipinski definition) is 6. The Balaban J connectivity index is 1.11. The Kier molecular flexibility index (Phi) is 7.19. The van der Waals surface area contributed by atoms with Gasteiger partial charge in [-0.05, 0) is 37.0 Å². The fourth-order valence-electron chi connectivity index (χ4n) is 4.54. The average Bonchev–Trinajstić information content (AvgIpc) is 3.50. The molecule has 5 rings (SSSR count). The summed E-state index contributed by atoms with van der Waals surface area (Å²) in [6.07, 6.45) is 9.73. The molecule has 2 aromatic heterocycles. The summed E-state index contributed by atoms with van der Waals surface area (Å²) in [5.74, 6) is 3.16. The highest BCUT2D eigenvalue weighted by atomic mass is 35.5. The second-order valence-corrected chi connectivity index (χ2v) is 9.37. The van der Waals surface area contributed by atoms with Gasteiger partial charge in [0.25, 0.3) is 0 Å². The number of rotatable bonds is 8. The lowest BCUT2D eigenvalue weighted by Gasteiger charge is -2.31. The molecule has 0 radical (unpaired) electrons. The molecule has 174 valence electrons. The summed E-state index contributed by atoms with van der Waals surface area (Å²) >= 11 is 5.98. The molecule has 0 unspecified atom stereocenters. The minimum atomic E-state index is 0.176. The number of piperidine rings is 1. The van der Waals surface area contributed by atoms with E-state index in [1.54, 1.807) is 6.20 Å². The van der Waals surface area contributed by atoms with Gasteiger partial charge in [-0.1, -0.05) is 23.7 Å². The van der Waals surface area contributed by atoms with Crippen LogP contribution in [0, 0.1) is 5.92 Å². The second-order valence-electron chi connectivity index (χ2n) is 8.93. The molecule has 8 heteroatoms. The average molecular weight is 468 g/mol. The molecule has 33 heavy (non-hydrogen) atoms. The SMILES string of the molecule is Clc1ccc(Cc2nccc(OC3CCN(Cc4nccn4C[C@H]4CCOC4)CC3)n2)cc1. The fraction of sp³-hybridized carbons (Fsp3) is 0.480. The first kappa shape index (κ1) is 22.3. The molecule has 2 saturated heterocycles. The fourth-order valence-corrected chi connectivity index (χ4v) is 4.66. The second kappa shape index (κ2) is 10.6. The van der Waals surface area contributed by atoms with Gasteiger partial charge in [-0.3, -0.25) is 4.90 Å². The summed E-state index contributed by atoms with van der Waals surface area (Å²) in [5, 5.41) is 0.732. The smallest absolute Gasteiger partial charge is 0.216 e. The Bertz CT molecular complexity index is 1030. The van der Waals surface area contributed by atoms with Gasteiger partial charge >= 0.3 is 0 Å². The van der Waals surface area contributed by atoms with Crippen LogP contribution in [0.25, 0.3) is 0 Å². The Morgan fingerprint density at radius 3 is 2.67 bits per heavy atom. The summed E-state index contributed by atoms with van der Waals surface area (Å²) in [4.78, 5) is 16.1. The van der Waals surface area contributed by atoms with E-state index in [1.807, 2.05) is 36.5 Å². The van der Waals surface area contributed by atoms with E-state index in [-0.39, 0.29) is 6.10 Å². The van der Waals surface area contributed by atoms with Crippen LogP contribution in [0.4, 0.5) is 0 Å². The number of imidazole rings is 1. The van der Waals surface area contributed by atoms with Crippen molar-refractivity contribution in [2.24, 2.45) is 5.92 Å². The zero-order chi connectivity index (χ0) is 22.5. The predicted octanol–water partition coefficient (Wildman–Crippen LogP) is 4.00. The first-order valence-electron chi connectivity index (χ1n) is 11.7. The van der Waals surface area contributed by atoms with Crippen molar-refractivity contribution in [1.82, 2.24) is 24.4 Å². The molecule has 4 heterocycles.